The first-order valence-corrected chi connectivity index (χ1v) is 10.4. The third-order valence-corrected chi connectivity index (χ3v) is 5.97. The van der Waals surface area contributed by atoms with Gasteiger partial charge in [-0.15, -0.1) is 21.5 Å². The average Bonchev–Trinajstić information content (AvgIpc) is 3.27. The lowest BCUT2D eigenvalue weighted by Gasteiger charge is -2.08. The highest BCUT2D eigenvalue weighted by Gasteiger charge is 2.26. The lowest BCUT2D eigenvalue weighted by atomic mass is 10.0. The van der Waals surface area contributed by atoms with Crippen molar-refractivity contribution < 1.29 is 0 Å². The van der Waals surface area contributed by atoms with Gasteiger partial charge in [-0.1, -0.05) is 41.1 Å². The van der Waals surface area contributed by atoms with Crippen molar-refractivity contribution in [2.75, 3.05) is 0 Å². The fraction of sp³-hybridized carbons (Fsp3) is 0.250. The van der Waals surface area contributed by atoms with Gasteiger partial charge in [-0.25, -0.2) is 9.97 Å². The summed E-state index contributed by atoms with van der Waals surface area (Å²) in [6.07, 6.45) is 3.87. The van der Waals surface area contributed by atoms with Gasteiger partial charge in [0.2, 0.25) is 0 Å². The second kappa shape index (κ2) is 7.41. The van der Waals surface area contributed by atoms with Crippen molar-refractivity contribution in [1.29, 1.82) is 0 Å². The van der Waals surface area contributed by atoms with Crippen molar-refractivity contribution in [3.8, 4) is 10.7 Å². The number of tetrazole rings is 1. The maximum absolute atomic E-state index is 6.11. The van der Waals surface area contributed by atoms with Crippen molar-refractivity contribution in [2.24, 2.45) is 0 Å². The zero-order valence-electron chi connectivity index (χ0n) is 15.0. The lowest BCUT2D eigenvalue weighted by molar-refractivity contribution is 0.881. The Balaban J connectivity index is 1.39. The lowest BCUT2D eigenvalue weighted by Crippen LogP contribution is -2.00. The zero-order chi connectivity index (χ0) is 18.9. The molecule has 0 unspecified atom stereocenters. The van der Waals surface area contributed by atoms with E-state index in [1.807, 2.05) is 12.1 Å². The van der Waals surface area contributed by atoms with Crippen LogP contribution in [0.3, 0.4) is 0 Å². The summed E-state index contributed by atoms with van der Waals surface area (Å²) in [5.74, 6) is 2.05. The van der Waals surface area contributed by atoms with E-state index in [-0.39, 0.29) is 0 Å². The number of aromatic nitrogens is 6. The van der Waals surface area contributed by atoms with Gasteiger partial charge in [-0.2, -0.15) is 5.21 Å². The molecule has 0 atom stereocenters. The van der Waals surface area contributed by atoms with E-state index in [2.05, 4.69) is 51.0 Å². The van der Waals surface area contributed by atoms with E-state index >= 15 is 0 Å². The Morgan fingerprint density at radius 3 is 2.43 bits per heavy atom. The minimum Gasteiger partial charge on any atom is -0.232 e. The van der Waals surface area contributed by atoms with Gasteiger partial charge in [0.05, 0.1) is 9.21 Å². The largest absolute Gasteiger partial charge is 0.232 e. The van der Waals surface area contributed by atoms with Crippen LogP contribution in [-0.4, -0.2) is 30.6 Å². The average molecular weight is 409 g/mol. The number of halogens is 1. The zero-order valence-corrected chi connectivity index (χ0v) is 16.5. The van der Waals surface area contributed by atoms with Gasteiger partial charge in [0.1, 0.15) is 0 Å². The summed E-state index contributed by atoms with van der Waals surface area (Å²) >= 11 is 7.63. The molecule has 0 bridgehead atoms. The Bertz CT molecular complexity index is 1090. The maximum Gasteiger partial charge on any atom is 0.178 e. The third kappa shape index (κ3) is 3.95. The molecule has 1 N–H and O–H groups in total. The summed E-state index contributed by atoms with van der Waals surface area (Å²) in [4.78, 5) is 10.6. The highest BCUT2D eigenvalue weighted by Crippen LogP contribution is 2.40. The second-order valence-electron chi connectivity index (χ2n) is 6.98. The molecule has 6 nitrogen and oxygen atoms in total. The van der Waals surface area contributed by atoms with E-state index < -0.39 is 0 Å². The molecule has 8 heteroatoms. The fourth-order valence-electron chi connectivity index (χ4n) is 3.17. The molecule has 0 radical (unpaired) electrons. The number of benzene rings is 1. The van der Waals surface area contributed by atoms with Gasteiger partial charge in [0.15, 0.2) is 11.6 Å². The van der Waals surface area contributed by atoms with E-state index in [1.54, 1.807) is 0 Å². The number of hydrogen-bond donors (Lipinski definition) is 1. The molecule has 28 heavy (non-hydrogen) atoms. The van der Waals surface area contributed by atoms with Crippen molar-refractivity contribution in [3.05, 3.63) is 75.1 Å². The maximum atomic E-state index is 6.11. The normalized spacial score (nSPS) is 13.8. The third-order valence-electron chi connectivity index (χ3n) is 4.75. The van der Waals surface area contributed by atoms with Gasteiger partial charge >= 0.3 is 0 Å². The monoisotopic (exact) mass is 408 g/mol. The SMILES string of the molecule is Clc1ccc(-c2nc(Cc3ccc(Cc4nn[nH]n4)cc3)cc(C3CC3)n2)s1. The minimum atomic E-state index is 0.577. The molecule has 0 aliphatic heterocycles. The molecule has 140 valence electrons. The molecule has 5 rings (SSSR count). The molecule has 0 amide bonds. The molecular weight excluding hydrogens is 392 g/mol. The minimum absolute atomic E-state index is 0.577. The molecule has 1 aliphatic carbocycles. The van der Waals surface area contributed by atoms with Crippen LogP contribution in [0.4, 0.5) is 0 Å². The van der Waals surface area contributed by atoms with Crippen molar-refractivity contribution in [3.63, 3.8) is 0 Å². The second-order valence-corrected chi connectivity index (χ2v) is 8.70. The van der Waals surface area contributed by atoms with E-state index in [4.69, 9.17) is 21.6 Å². The molecule has 3 heterocycles. The Hall–Kier alpha value is -2.64. The molecule has 1 saturated carbocycles. The summed E-state index contributed by atoms with van der Waals surface area (Å²) in [5, 5.41) is 14.1. The first kappa shape index (κ1) is 17.5. The number of nitrogens with zero attached hydrogens (tertiary/aromatic N) is 5. The van der Waals surface area contributed by atoms with Gasteiger partial charge < -0.3 is 0 Å². The summed E-state index contributed by atoms with van der Waals surface area (Å²) in [7, 11) is 0. The highest BCUT2D eigenvalue weighted by molar-refractivity contribution is 7.19. The first-order valence-electron chi connectivity index (χ1n) is 9.16. The van der Waals surface area contributed by atoms with Crippen LogP contribution in [0.2, 0.25) is 4.34 Å². The van der Waals surface area contributed by atoms with E-state index in [1.165, 1.54) is 29.7 Å². The molecular formula is C20H17ClN6S. The van der Waals surface area contributed by atoms with Crippen LogP contribution in [0, 0.1) is 0 Å². The van der Waals surface area contributed by atoms with Crippen LogP contribution in [0.15, 0.2) is 42.5 Å². The van der Waals surface area contributed by atoms with Gasteiger partial charge in [0, 0.05) is 30.1 Å². The molecule has 3 aromatic heterocycles. The molecule has 1 aromatic carbocycles. The number of thiophene rings is 1. The van der Waals surface area contributed by atoms with E-state index in [0.29, 0.717) is 18.2 Å². The Morgan fingerprint density at radius 1 is 1.00 bits per heavy atom. The van der Waals surface area contributed by atoms with E-state index in [9.17, 15) is 0 Å². The van der Waals surface area contributed by atoms with Crippen LogP contribution in [0.1, 0.15) is 47.1 Å². The van der Waals surface area contributed by atoms with Crippen molar-refractivity contribution in [2.45, 2.75) is 31.6 Å². The summed E-state index contributed by atoms with van der Waals surface area (Å²) < 4.78 is 0.758. The number of rotatable bonds is 6. The van der Waals surface area contributed by atoms with Crippen LogP contribution in [0.5, 0.6) is 0 Å². The van der Waals surface area contributed by atoms with Crippen molar-refractivity contribution in [1.82, 2.24) is 30.6 Å². The van der Waals surface area contributed by atoms with Crippen molar-refractivity contribution >= 4 is 22.9 Å². The predicted octanol–water partition coefficient (Wildman–Crippen LogP) is 4.43. The first-order chi connectivity index (χ1) is 13.7. The molecule has 4 aromatic rings. The smallest absolute Gasteiger partial charge is 0.178 e. The summed E-state index contributed by atoms with van der Waals surface area (Å²) in [6, 6.07) is 14.5. The Labute approximate surface area is 171 Å². The molecule has 0 spiro atoms. The van der Waals surface area contributed by atoms with Crippen LogP contribution >= 0.6 is 22.9 Å². The van der Waals surface area contributed by atoms with Gasteiger partial charge in [-0.3, -0.25) is 0 Å². The Kier molecular flexibility index (Phi) is 4.62. The quantitative estimate of drug-likeness (QED) is 0.510. The molecule has 1 aliphatic rings. The highest BCUT2D eigenvalue weighted by atomic mass is 35.5. The predicted molar refractivity (Wildman–Crippen MR) is 109 cm³/mol. The van der Waals surface area contributed by atoms with Crippen LogP contribution < -0.4 is 0 Å². The number of aromatic amines is 1. The summed E-state index contributed by atoms with van der Waals surface area (Å²) in [6.45, 7) is 0. The van der Waals surface area contributed by atoms with Crippen LogP contribution in [0.25, 0.3) is 10.7 Å². The molecule has 1 fully saturated rings. The number of H-pyrrole nitrogens is 1. The summed E-state index contributed by atoms with van der Waals surface area (Å²) in [5.41, 5.74) is 4.56. The number of nitrogens with one attached hydrogen (secondary N) is 1. The fourth-order valence-corrected chi connectivity index (χ4v) is 4.14. The Morgan fingerprint density at radius 2 is 1.79 bits per heavy atom. The molecule has 0 saturated heterocycles. The van der Waals surface area contributed by atoms with Gasteiger partial charge in [0.25, 0.3) is 0 Å². The van der Waals surface area contributed by atoms with E-state index in [0.717, 1.165) is 38.4 Å². The number of hydrogen-bond acceptors (Lipinski definition) is 6. The van der Waals surface area contributed by atoms with Crippen LogP contribution in [-0.2, 0) is 12.8 Å². The van der Waals surface area contributed by atoms with Gasteiger partial charge in [-0.05, 0) is 42.2 Å². The standard InChI is InChI=1S/C20H17ClN6S/c21-18-8-7-17(28-18)20-22-15(11-16(23-20)14-5-6-14)9-12-1-3-13(4-2-12)10-19-24-26-27-25-19/h1-4,7-8,11,14H,5-6,9-10H2,(H,24,25,26,27). The topological polar surface area (TPSA) is 80.2 Å².